The van der Waals surface area contributed by atoms with Crippen LogP contribution < -0.4 is 5.32 Å². The summed E-state index contributed by atoms with van der Waals surface area (Å²) in [6.07, 6.45) is 3.86. The van der Waals surface area contributed by atoms with Crippen LogP contribution in [-0.4, -0.2) is 6.04 Å². The Bertz CT molecular complexity index is 307. The first kappa shape index (κ1) is 10.2. The Morgan fingerprint density at radius 1 is 1.50 bits per heavy atom. The molecule has 0 amide bonds. The van der Waals surface area contributed by atoms with Gasteiger partial charge < -0.3 is 5.32 Å². The fraction of sp³-hybridized carbons (Fsp3) is 0.500. The number of nitrogens with one attached hydrogen (secondary N) is 1. The summed E-state index contributed by atoms with van der Waals surface area (Å²) in [5.41, 5.74) is 1.40. The largest absolute Gasteiger partial charge is 0.307 e. The van der Waals surface area contributed by atoms with Crippen LogP contribution >= 0.6 is 15.9 Å². The maximum atomic E-state index is 3.66. The van der Waals surface area contributed by atoms with E-state index in [0.717, 1.165) is 12.5 Å². The Balaban J connectivity index is 2.08. The van der Waals surface area contributed by atoms with Gasteiger partial charge in [0, 0.05) is 16.6 Å². The molecule has 1 aromatic rings. The predicted molar refractivity (Wildman–Crippen MR) is 63.3 cm³/mol. The van der Waals surface area contributed by atoms with E-state index in [4.69, 9.17) is 0 Å². The van der Waals surface area contributed by atoms with E-state index in [1.807, 2.05) is 0 Å². The smallest absolute Gasteiger partial charge is 0.0320 e. The van der Waals surface area contributed by atoms with Gasteiger partial charge in [-0.05, 0) is 37.0 Å². The van der Waals surface area contributed by atoms with Gasteiger partial charge in [-0.2, -0.15) is 0 Å². The molecule has 0 bridgehead atoms. The SMILES string of the molecule is CC[C@@H](NC1CC1)c1cccc(Br)c1. The Labute approximate surface area is 94.0 Å². The van der Waals surface area contributed by atoms with Crippen molar-refractivity contribution in [2.24, 2.45) is 0 Å². The summed E-state index contributed by atoms with van der Waals surface area (Å²) < 4.78 is 1.17. The third-order valence-corrected chi connectivity index (χ3v) is 3.17. The summed E-state index contributed by atoms with van der Waals surface area (Å²) >= 11 is 3.51. The summed E-state index contributed by atoms with van der Waals surface area (Å²) in [6, 6.07) is 9.90. The van der Waals surface area contributed by atoms with Gasteiger partial charge in [0.2, 0.25) is 0 Å². The molecule has 0 radical (unpaired) electrons. The monoisotopic (exact) mass is 253 g/mol. The second-order valence-electron chi connectivity index (χ2n) is 3.96. The topological polar surface area (TPSA) is 12.0 Å². The molecule has 76 valence electrons. The van der Waals surface area contributed by atoms with Crippen molar-refractivity contribution in [1.29, 1.82) is 0 Å². The lowest BCUT2D eigenvalue weighted by Gasteiger charge is -2.17. The van der Waals surface area contributed by atoms with Crippen molar-refractivity contribution in [2.45, 2.75) is 38.3 Å². The van der Waals surface area contributed by atoms with E-state index >= 15 is 0 Å². The van der Waals surface area contributed by atoms with Crippen LogP contribution in [0.2, 0.25) is 0 Å². The van der Waals surface area contributed by atoms with Crippen molar-refractivity contribution in [1.82, 2.24) is 5.32 Å². The zero-order chi connectivity index (χ0) is 9.97. The van der Waals surface area contributed by atoms with Crippen molar-refractivity contribution < 1.29 is 0 Å². The van der Waals surface area contributed by atoms with Crippen LogP contribution in [0.3, 0.4) is 0 Å². The zero-order valence-corrected chi connectivity index (χ0v) is 10.0. The zero-order valence-electron chi connectivity index (χ0n) is 8.46. The molecule has 1 aromatic carbocycles. The van der Waals surface area contributed by atoms with Gasteiger partial charge in [-0.25, -0.2) is 0 Å². The highest BCUT2D eigenvalue weighted by Gasteiger charge is 2.24. The van der Waals surface area contributed by atoms with Crippen molar-refractivity contribution in [3.8, 4) is 0 Å². The molecule has 0 aromatic heterocycles. The molecule has 1 N–H and O–H groups in total. The van der Waals surface area contributed by atoms with Crippen molar-refractivity contribution in [3.63, 3.8) is 0 Å². The third kappa shape index (κ3) is 2.58. The van der Waals surface area contributed by atoms with Crippen molar-refractivity contribution >= 4 is 15.9 Å². The molecule has 0 spiro atoms. The van der Waals surface area contributed by atoms with Crippen LogP contribution in [0.4, 0.5) is 0 Å². The Morgan fingerprint density at radius 2 is 2.29 bits per heavy atom. The highest BCUT2D eigenvalue weighted by molar-refractivity contribution is 9.10. The van der Waals surface area contributed by atoms with Gasteiger partial charge >= 0.3 is 0 Å². The third-order valence-electron chi connectivity index (χ3n) is 2.67. The van der Waals surface area contributed by atoms with E-state index in [9.17, 15) is 0 Å². The summed E-state index contributed by atoms with van der Waals surface area (Å²) in [7, 11) is 0. The van der Waals surface area contributed by atoms with Crippen molar-refractivity contribution in [3.05, 3.63) is 34.3 Å². The molecule has 1 aliphatic carbocycles. The number of halogens is 1. The first-order valence-electron chi connectivity index (χ1n) is 5.31. The number of hydrogen-bond donors (Lipinski definition) is 1. The maximum Gasteiger partial charge on any atom is 0.0320 e. The lowest BCUT2D eigenvalue weighted by atomic mass is 10.0. The van der Waals surface area contributed by atoms with Crippen LogP contribution in [-0.2, 0) is 0 Å². The van der Waals surface area contributed by atoms with Gasteiger partial charge in [-0.15, -0.1) is 0 Å². The quantitative estimate of drug-likeness (QED) is 0.864. The Morgan fingerprint density at radius 3 is 2.86 bits per heavy atom. The minimum absolute atomic E-state index is 0.528. The minimum Gasteiger partial charge on any atom is -0.307 e. The fourth-order valence-corrected chi connectivity index (χ4v) is 2.12. The molecule has 0 saturated heterocycles. The first-order valence-corrected chi connectivity index (χ1v) is 6.10. The van der Waals surface area contributed by atoms with E-state index in [-0.39, 0.29) is 0 Å². The molecule has 0 aliphatic heterocycles. The molecule has 14 heavy (non-hydrogen) atoms. The van der Waals surface area contributed by atoms with E-state index in [2.05, 4.69) is 52.4 Å². The number of benzene rings is 1. The number of hydrogen-bond acceptors (Lipinski definition) is 1. The molecule has 0 heterocycles. The van der Waals surface area contributed by atoms with E-state index in [1.165, 1.54) is 22.9 Å². The van der Waals surface area contributed by atoms with Gasteiger partial charge in [-0.1, -0.05) is 35.0 Å². The Hall–Kier alpha value is -0.340. The molecule has 2 rings (SSSR count). The van der Waals surface area contributed by atoms with Crippen LogP contribution in [0.15, 0.2) is 28.7 Å². The molecule has 1 aliphatic rings. The van der Waals surface area contributed by atoms with Crippen LogP contribution in [0.5, 0.6) is 0 Å². The fourth-order valence-electron chi connectivity index (χ4n) is 1.71. The molecule has 1 atom stereocenters. The molecule has 1 saturated carbocycles. The van der Waals surface area contributed by atoms with Gasteiger partial charge in [0.05, 0.1) is 0 Å². The molecule has 0 unspecified atom stereocenters. The van der Waals surface area contributed by atoms with Crippen LogP contribution in [0, 0.1) is 0 Å². The molecule has 1 nitrogen and oxygen atoms in total. The van der Waals surface area contributed by atoms with Gasteiger partial charge in [0.25, 0.3) is 0 Å². The standard InChI is InChI=1S/C12H16BrN/c1-2-12(14-11-6-7-11)9-4-3-5-10(13)8-9/h3-5,8,11-12,14H,2,6-7H2,1H3/t12-/m1/s1. The Kier molecular flexibility index (Phi) is 3.24. The average Bonchev–Trinajstić information content (AvgIpc) is 2.98. The summed E-state index contributed by atoms with van der Waals surface area (Å²) in [5.74, 6) is 0. The maximum absolute atomic E-state index is 3.66. The summed E-state index contributed by atoms with van der Waals surface area (Å²) in [5, 5.41) is 3.66. The van der Waals surface area contributed by atoms with Gasteiger partial charge in [0.15, 0.2) is 0 Å². The highest BCUT2D eigenvalue weighted by atomic mass is 79.9. The lowest BCUT2D eigenvalue weighted by Crippen LogP contribution is -2.22. The molecule has 1 fully saturated rings. The normalized spacial score (nSPS) is 18.1. The van der Waals surface area contributed by atoms with Gasteiger partial charge in [-0.3, -0.25) is 0 Å². The van der Waals surface area contributed by atoms with Crippen LogP contribution in [0.1, 0.15) is 37.8 Å². The van der Waals surface area contributed by atoms with Crippen molar-refractivity contribution in [2.75, 3.05) is 0 Å². The summed E-state index contributed by atoms with van der Waals surface area (Å²) in [4.78, 5) is 0. The lowest BCUT2D eigenvalue weighted by molar-refractivity contribution is 0.516. The first-order chi connectivity index (χ1) is 6.79. The second-order valence-corrected chi connectivity index (χ2v) is 4.87. The predicted octanol–water partition coefficient (Wildman–Crippen LogP) is 3.65. The molecule has 2 heteroatoms. The van der Waals surface area contributed by atoms with E-state index < -0.39 is 0 Å². The second kappa shape index (κ2) is 4.45. The van der Waals surface area contributed by atoms with Gasteiger partial charge in [0.1, 0.15) is 0 Å². The molecular weight excluding hydrogens is 238 g/mol. The highest BCUT2D eigenvalue weighted by Crippen LogP contribution is 2.27. The average molecular weight is 254 g/mol. The van der Waals surface area contributed by atoms with E-state index in [1.54, 1.807) is 0 Å². The van der Waals surface area contributed by atoms with E-state index in [0.29, 0.717) is 6.04 Å². The summed E-state index contributed by atoms with van der Waals surface area (Å²) in [6.45, 7) is 2.24. The molecular formula is C12H16BrN. The number of rotatable bonds is 4. The van der Waals surface area contributed by atoms with Crippen LogP contribution in [0.25, 0.3) is 0 Å². The minimum atomic E-state index is 0.528.